The molecule has 8 heteroatoms. The number of fused-ring (bicyclic) bond motifs is 1. The summed E-state index contributed by atoms with van der Waals surface area (Å²) >= 11 is 0. The summed E-state index contributed by atoms with van der Waals surface area (Å²) in [5, 5.41) is 7.60. The van der Waals surface area contributed by atoms with Gasteiger partial charge in [-0.25, -0.2) is 9.97 Å². The quantitative estimate of drug-likeness (QED) is 0.575. The lowest BCUT2D eigenvalue weighted by Gasteiger charge is -2.27. The number of nitrogens with one attached hydrogen (secondary N) is 1. The molecule has 8 nitrogen and oxygen atoms in total. The Labute approximate surface area is 167 Å². The fourth-order valence-corrected chi connectivity index (χ4v) is 3.53. The molecule has 1 N–H and O–H groups in total. The Morgan fingerprint density at radius 1 is 1.10 bits per heavy atom. The SMILES string of the molecule is COc1ccncc1-c1ccc2[nH]nc(-c3ccnc(N4CCOCC4)c3)c2n1. The van der Waals surface area contributed by atoms with Crippen molar-refractivity contribution in [2.24, 2.45) is 0 Å². The summed E-state index contributed by atoms with van der Waals surface area (Å²) in [4.78, 5) is 15.8. The summed E-state index contributed by atoms with van der Waals surface area (Å²) < 4.78 is 10.9. The first-order valence-corrected chi connectivity index (χ1v) is 9.46. The lowest BCUT2D eigenvalue weighted by Crippen LogP contribution is -2.36. The molecular formula is C21H20N6O2. The van der Waals surface area contributed by atoms with Crippen LogP contribution < -0.4 is 9.64 Å². The van der Waals surface area contributed by atoms with Gasteiger partial charge in [-0.2, -0.15) is 5.10 Å². The Kier molecular flexibility index (Phi) is 4.53. The summed E-state index contributed by atoms with van der Waals surface area (Å²) in [6, 6.07) is 9.76. The van der Waals surface area contributed by atoms with Crippen LogP contribution in [0.25, 0.3) is 33.5 Å². The van der Waals surface area contributed by atoms with E-state index in [1.165, 1.54) is 0 Å². The van der Waals surface area contributed by atoms with Crippen LogP contribution in [0.5, 0.6) is 5.75 Å². The molecule has 0 saturated carbocycles. The van der Waals surface area contributed by atoms with Crippen LogP contribution in [0, 0.1) is 0 Å². The van der Waals surface area contributed by atoms with Crippen LogP contribution in [-0.2, 0) is 4.74 Å². The number of hydrogen-bond acceptors (Lipinski definition) is 7. The number of methoxy groups -OCH3 is 1. The molecule has 146 valence electrons. The second-order valence-electron chi connectivity index (χ2n) is 6.74. The number of nitrogens with zero attached hydrogens (tertiary/aromatic N) is 5. The van der Waals surface area contributed by atoms with Crippen molar-refractivity contribution < 1.29 is 9.47 Å². The molecule has 0 bridgehead atoms. The van der Waals surface area contributed by atoms with Crippen LogP contribution in [0.3, 0.4) is 0 Å². The summed E-state index contributed by atoms with van der Waals surface area (Å²) in [6.07, 6.45) is 5.28. The number of morpholine rings is 1. The molecule has 4 aromatic rings. The van der Waals surface area contributed by atoms with E-state index in [0.29, 0.717) is 0 Å². The minimum Gasteiger partial charge on any atom is -0.496 e. The van der Waals surface area contributed by atoms with Crippen molar-refractivity contribution >= 4 is 16.9 Å². The van der Waals surface area contributed by atoms with E-state index in [1.807, 2.05) is 30.5 Å². The molecule has 5 heterocycles. The van der Waals surface area contributed by atoms with Gasteiger partial charge in [0.25, 0.3) is 0 Å². The zero-order valence-electron chi connectivity index (χ0n) is 16.0. The second kappa shape index (κ2) is 7.48. The van der Waals surface area contributed by atoms with Crippen LogP contribution in [0.1, 0.15) is 0 Å². The third-order valence-electron chi connectivity index (χ3n) is 5.04. The molecule has 1 aliphatic rings. The number of anilines is 1. The molecule has 29 heavy (non-hydrogen) atoms. The van der Waals surface area contributed by atoms with Crippen molar-refractivity contribution in [2.75, 3.05) is 38.3 Å². The summed E-state index contributed by atoms with van der Waals surface area (Å²) in [7, 11) is 1.64. The number of aromatic nitrogens is 5. The van der Waals surface area contributed by atoms with Gasteiger partial charge in [0.2, 0.25) is 0 Å². The van der Waals surface area contributed by atoms with E-state index in [9.17, 15) is 0 Å². The smallest absolute Gasteiger partial charge is 0.131 e. The van der Waals surface area contributed by atoms with Gasteiger partial charge in [0.1, 0.15) is 22.8 Å². The predicted molar refractivity (Wildman–Crippen MR) is 110 cm³/mol. The fraction of sp³-hybridized carbons (Fsp3) is 0.238. The molecule has 0 aliphatic carbocycles. The molecule has 1 saturated heterocycles. The lowest BCUT2D eigenvalue weighted by atomic mass is 10.1. The third kappa shape index (κ3) is 3.27. The molecule has 0 aromatic carbocycles. The molecular weight excluding hydrogens is 368 g/mol. The van der Waals surface area contributed by atoms with Gasteiger partial charge in [-0.05, 0) is 30.3 Å². The van der Waals surface area contributed by atoms with E-state index in [0.717, 1.165) is 71.4 Å². The van der Waals surface area contributed by atoms with Gasteiger partial charge in [-0.3, -0.25) is 10.1 Å². The van der Waals surface area contributed by atoms with Crippen LogP contribution in [0.2, 0.25) is 0 Å². The van der Waals surface area contributed by atoms with E-state index in [1.54, 1.807) is 19.5 Å². The van der Waals surface area contributed by atoms with Crippen LogP contribution in [0.4, 0.5) is 5.82 Å². The van der Waals surface area contributed by atoms with Crippen LogP contribution in [-0.4, -0.2) is 58.6 Å². The Hall–Kier alpha value is -3.52. The van der Waals surface area contributed by atoms with Crippen molar-refractivity contribution in [1.29, 1.82) is 0 Å². The van der Waals surface area contributed by atoms with E-state index < -0.39 is 0 Å². The Balaban J connectivity index is 1.58. The highest BCUT2D eigenvalue weighted by Crippen LogP contribution is 2.32. The number of pyridine rings is 3. The zero-order valence-corrected chi connectivity index (χ0v) is 16.0. The van der Waals surface area contributed by atoms with Crippen LogP contribution in [0.15, 0.2) is 48.9 Å². The molecule has 4 aromatic heterocycles. The normalized spacial score (nSPS) is 14.3. The number of hydrogen-bond donors (Lipinski definition) is 1. The predicted octanol–water partition coefficient (Wildman–Crippen LogP) is 2.93. The van der Waals surface area contributed by atoms with E-state index in [-0.39, 0.29) is 0 Å². The first-order valence-electron chi connectivity index (χ1n) is 9.46. The van der Waals surface area contributed by atoms with Crippen LogP contribution >= 0.6 is 0 Å². The maximum atomic E-state index is 5.46. The fourth-order valence-electron chi connectivity index (χ4n) is 3.53. The maximum absolute atomic E-state index is 5.46. The minimum atomic E-state index is 0.717. The Morgan fingerprint density at radius 3 is 2.86 bits per heavy atom. The second-order valence-corrected chi connectivity index (χ2v) is 6.74. The molecule has 0 amide bonds. The number of ether oxygens (including phenoxy) is 2. The molecule has 1 fully saturated rings. The Morgan fingerprint density at radius 2 is 2.00 bits per heavy atom. The van der Waals surface area contributed by atoms with E-state index in [2.05, 4.69) is 31.1 Å². The Bertz CT molecular complexity index is 1150. The highest BCUT2D eigenvalue weighted by atomic mass is 16.5. The number of aromatic amines is 1. The molecule has 1 aliphatic heterocycles. The average Bonchev–Trinajstić information content (AvgIpc) is 3.23. The highest BCUT2D eigenvalue weighted by molar-refractivity contribution is 5.91. The van der Waals surface area contributed by atoms with E-state index >= 15 is 0 Å². The van der Waals surface area contributed by atoms with Gasteiger partial charge in [0, 0.05) is 37.2 Å². The average molecular weight is 388 g/mol. The van der Waals surface area contributed by atoms with Gasteiger partial charge >= 0.3 is 0 Å². The molecule has 5 rings (SSSR count). The standard InChI is InChI=1S/C21H20N6O2/c1-28-18-5-6-22-13-15(18)16-2-3-17-21(24-16)20(26-25-17)14-4-7-23-19(12-14)27-8-10-29-11-9-27/h2-7,12-13H,8-11H2,1H3,(H,25,26). The van der Waals surface area contributed by atoms with Crippen molar-refractivity contribution in [1.82, 2.24) is 25.1 Å². The van der Waals surface area contributed by atoms with Gasteiger partial charge in [-0.1, -0.05) is 0 Å². The van der Waals surface area contributed by atoms with E-state index in [4.69, 9.17) is 14.5 Å². The molecule has 0 unspecified atom stereocenters. The first-order chi connectivity index (χ1) is 14.3. The summed E-state index contributed by atoms with van der Waals surface area (Å²) in [5.74, 6) is 1.66. The first kappa shape index (κ1) is 17.6. The number of H-pyrrole nitrogens is 1. The van der Waals surface area contributed by atoms with Gasteiger partial charge < -0.3 is 14.4 Å². The van der Waals surface area contributed by atoms with Crippen molar-refractivity contribution in [2.45, 2.75) is 0 Å². The monoisotopic (exact) mass is 388 g/mol. The van der Waals surface area contributed by atoms with Crippen molar-refractivity contribution in [3.63, 3.8) is 0 Å². The zero-order chi connectivity index (χ0) is 19.6. The van der Waals surface area contributed by atoms with Crippen molar-refractivity contribution in [3.8, 4) is 28.3 Å². The highest BCUT2D eigenvalue weighted by Gasteiger charge is 2.16. The molecule has 0 spiro atoms. The number of rotatable bonds is 4. The summed E-state index contributed by atoms with van der Waals surface area (Å²) in [6.45, 7) is 3.10. The minimum absolute atomic E-state index is 0.717. The third-order valence-corrected chi connectivity index (χ3v) is 5.04. The maximum Gasteiger partial charge on any atom is 0.131 e. The summed E-state index contributed by atoms with van der Waals surface area (Å²) in [5.41, 5.74) is 5.06. The van der Waals surface area contributed by atoms with Crippen molar-refractivity contribution in [3.05, 3.63) is 48.9 Å². The molecule has 0 radical (unpaired) electrons. The van der Waals surface area contributed by atoms with Gasteiger partial charge in [0.15, 0.2) is 0 Å². The molecule has 0 atom stereocenters. The topological polar surface area (TPSA) is 89.0 Å². The lowest BCUT2D eigenvalue weighted by molar-refractivity contribution is 0.122. The van der Waals surface area contributed by atoms with Gasteiger partial charge in [0.05, 0.1) is 37.1 Å². The largest absolute Gasteiger partial charge is 0.496 e. The van der Waals surface area contributed by atoms with Gasteiger partial charge in [-0.15, -0.1) is 0 Å².